The van der Waals surface area contributed by atoms with E-state index in [-0.39, 0.29) is 10.9 Å². The van der Waals surface area contributed by atoms with Crippen LogP contribution in [-0.4, -0.2) is 59.9 Å². The number of carbonyl (C=O) groups excluding carboxylic acids is 1. The van der Waals surface area contributed by atoms with Crippen molar-refractivity contribution in [1.82, 2.24) is 24.1 Å². The Balaban J connectivity index is 1.70. The minimum atomic E-state index is -3.56. The number of nitrogens with zero attached hydrogens (tertiary/aromatic N) is 4. The van der Waals surface area contributed by atoms with Crippen LogP contribution in [0.4, 0.5) is 4.79 Å². The van der Waals surface area contributed by atoms with Crippen molar-refractivity contribution in [2.75, 3.05) is 26.7 Å². The number of carbonyl (C=O) groups is 1. The Bertz CT molecular complexity index is 1170. The van der Waals surface area contributed by atoms with Gasteiger partial charge in [-0.2, -0.15) is 4.31 Å². The van der Waals surface area contributed by atoms with Crippen LogP contribution in [0.2, 0.25) is 0 Å². The Kier molecular flexibility index (Phi) is 7.52. The van der Waals surface area contributed by atoms with Crippen LogP contribution < -0.4 is 5.32 Å². The second kappa shape index (κ2) is 10.1. The fraction of sp³-hybridized carbons (Fsp3) is 0.391. The fourth-order valence-corrected chi connectivity index (χ4v) is 5.10. The lowest BCUT2D eigenvalue weighted by Crippen LogP contribution is -2.38. The van der Waals surface area contributed by atoms with Crippen molar-refractivity contribution in [1.29, 1.82) is 0 Å². The number of imidazole rings is 1. The van der Waals surface area contributed by atoms with E-state index < -0.39 is 10.0 Å². The molecule has 0 radical (unpaired) electrons. The van der Waals surface area contributed by atoms with E-state index in [1.807, 2.05) is 55.8 Å². The van der Waals surface area contributed by atoms with Gasteiger partial charge in [-0.15, -0.1) is 0 Å². The third-order valence-electron chi connectivity index (χ3n) is 5.55. The average molecular weight is 458 g/mol. The molecule has 0 saturated heterocycles. The van der Waals surface area contributed by atoms with Crippen LogP contribution in [0.25, 0.3) is 11.0 Å². The van der Waals surface area contributed by atoms with Gasteiger partial charge in [0.2, 0.25) is 10.0 Å². The van der Waals surface area contributed by atoms with Crippen LogP contribution in [0.5, 0.6) is 0 Å². The van der Waals surface area contributed by atoms with Gasteiger partial charge in [-0.1, -0.05) is 44.2 Å². The topological polar surface area (TPSA) is 87.5 Å². The molecule has 9 heteroatoms. The normalized spacial score (nSPS) is 11.8. The smallest absolute Gasteiger partial charge is 0.317 e. The van der Waals surface area contributed by atoms with Gasteiger partial charge in [0, 0.05) is 33.7 Å². The third-order valence-corrected chi connectivity index (χ3v) is 7.59. The molecular formula is C23H31N5O3S. The average Bonchev–Trinajstić information content (AvgIpc) is 3.09. The molecule has 1 aromatic heterocycles. The molecule has 3 aromatic rings. The minimum Gasteiger partial charge on any atom is -0.338 e. The maximum Gasteiger partial charge on any atom is 0.317 e. The molecule has 3 rings (SSSR count). The van der Waals surface area contributed by atoms with E-state index in [9.17, 15) is 13.2 Å². The van der Waals surface area contributed by atoms with E-state index in [1.165, 1.54) is 9.87 Å². The summed E-state index contributed by atoms with van der Waals surface area (Å²) in [5.41, 5.74) is 2.58. The summed E-state index contributed by atoms with van der Waals surface area (Å²) in [6.45, 7) is 5.31. The summed E-state index contributed by atoms with van der Waals surface area (Å²) in [7, 11) is 0.0248. The van der Waals surface area contributed by atoms with Crippen molar-refractivity contribution in [3.63, 3.8) is 0 Å². The Morgan fingerprint density at radius 2 is 1.78 bits per heavy atom. The van der Waals surface area contributed by atoms with Gasteiger partial charge in [0.05, 0.1) is 22.5 Å². The number of hydrogen-bond donors (Lipinski definition) is 1. The summed E-state index contributed by atoms with van der Waals surface area (Å²) < 4.78 is 29.0. The van der Waals surface area contributed by atoms with E-state index in [0.29, 0.717) is 37.5 Å². The van der Waals surface area contributed by atoms with Gasteiger partial charge in [0.25, 0.3) is 0 Å². The zero-order chi connectivity index (χ0) is 23.3. The van der Waals surface area contributed by atoms with E-state index in [2.05, 4.69) is 10.3 Å². The number of fused-ring (bicyclic) bond motifs is 1. The monoisotopic (exact) mass is 457 g/mol. The molecule has 0 unspecified atom stereocenters. The van der Waals surface area contributed by atoms with Gasteiger partial charge in [-0.25, -0.2) is 18.2 Å². The van der Waals surface area contributed by atoms with Crippen molar-refractivity contribution in [2.45, 2.75) is 31.7 Å². The van der Waals surface area contributed by atoms with Gasteiger partial charge < -0.3 is 14.8 Å². The maximum absolute atomic E-state index is 12.8. The summed E-state index contributed by atoms with van der Waals surface area (Å²) >= 11 is 0. The Hall–Kier alpha value is -2.91. The highest BCUT2D eigenvalue weighted by atomic mass is 32.2. The number of sulfonamides is 1. The van der Waals surface area contributed by atoms with Gasteiger partial charge in [-0.05, 0) is 30.2 Å². The highest BCUT2D eigenvalue weighted by Gasteiger charge is 2.23. The first kappa shape index (κ1) is 23.7. The van der Waals surface area contributed by atoms with Gasteiger partial charge in [-0.3, -0.25) is 0 Å². The first-order chi connectivity index (χ1) is 15.3. The number of rotatable bonds is 9. The second-order valence-electron chi connectivity index (χ2n) is 7.65. The molecule has 0 fully saturated rings. The predicted molar refractivity (Wildman–Crippen MR) is 126 cm³/mol. The number of benzene rings is 2. The van der Waals surface area contributed by atoms with Crippen LogP contribution >= 0.6 is 0 Å². The quantitative estimate of drug-likeness (QED) is 0.535. The maximum atomic E-state index is 12.8. The molecule has 0 spiro atoms. The molecule has 1 N–H and O–H groups in total. The lowest BCUT2D eigenvalue weighted by Gasteiger charge is -2.18. The highest BCUT2D eigenvalue weighted by Crippen LogP contribution is 2.22. The van der Waals surface area contributed by atoms with E-state index in [1.54, 1.807) is 30.1 Å². The van der Waals surface area contributed by atoms with Crippen LogP contribution in [0.1, 0.15) is 25.2 Å². The summed E-state index contributed by atoms with van der Waals surface area (Å²) in [6.07, 6.45) is 0.760. The molecule has 8 nitrogen and oxygen atoms in total. The molecule has 0 aliphatic rings. The van der Waals surface area contributed by atoms with Crippen molar-refractivity contribution in [3.05, 3.63) is 59.9 Å². The molecule has 2 amide bonds. The number of aryl methyl sites for hydroxylation is 1. The zero-order valence-corrected chi connectivity index (χ0v) is 19.9. The first-order valence-electron chi connectivity index (χ1n) is 10.8. The van der Waals surface area contributed by atoms with Crippen LogP contribution in [-0.2, 0) is 30.0 Å². The van der Waals surface area contributed by atoms with Crippen molar-refractivity contribution in [3.8, 4) is 0 Å². The largest absolute Gasteiger partial charge is 0.338 e. The van der Waals surface area contributed by atoms with Crippen molar-refractivity contribution in [2.24, 2.45) is 7.05 Å². The second-order valence-corrected chi connectivity index (χ2v) is 9.59. The standard InChI is InChI=1S/C23H31N5O3S/c1-5-28(6-2)32(30,31)19-12-13-21-20(16-19)25-22(27(21)4)17-26(3)23(29)24-15-14-18-10-8-7-9-11-18/h7-13,16H,5-6,14-15,17H2,1-4H3,(H,24,29). The molecule has 0 atom stereocenters. The lowest BCUT2D eigenvalue weighted by molar-refractivity contribution is 0.205. The van der Waals surface area contributed by atoms with Crippen LogP contribution in [0.3, 0.4) is 0 Å². The Labute approximate surface area is 189 Å². The number of urea groups is 1. The number of amides is 2. The van der Waals surface area contributed by atoms with E-state index in [4.69, 9.17) is 0 Å². The Morgan fingerprint density at radius 3 is 2.44 bits per heavy atom. The molecule has 0 saturated carbocycles. The lowest BCUT2D eigenvalue weighted by atomic mass is 10.1. The van der Waals surface area contributed by atoms with E-state index >= 15 is 0 Å². The molecule has 0 aliphatic carbocycles. The first-order valence-corrected chi connectivity index (χ1v) is 12.2. The number of hydrogen-bond acceptors (Lipinski definition) is 4. The predicted octanol–water partition coefficient (Wildman–Crippen LogP) is 2.99. The van der Waals surface area contributed by atoms with Crippen LogP contribution in [0.15, 0.2) is 53.4 Å². The van der Waals surface area contributed by atoms with Gasteiger partial charge in [0.1, 0.15) is 5.82 Å². The molecule has 32 heavy (non-hydrogen) atoms. The number of nitrogens with one attached hydrogen (secondary N) is 1. The Morgan fingerprint density at radius 1 is 1.09 bits per heavy atom. The zero-order valence-electron chi connectivity index (χ0n) is 19.1. The molecule has 0 aliphatic heterocycles. The summed E-state index contributed by atoms with van der Waals surface area (Å²) in [6, 6.07) is 14.8. The van der Waals surface area contributed by atoms with Gasteiger partial charge in [0.15, 0.2) is 0 Å². The molecule has 1 heterocycles. The van der Waals surface area contributed by atoms with E-state index in [0.717, 1.165) is 11.9 Å². The van der Waals surface area contributed by atoms with Crippen molar-refractivity contribution >= 4 is 27.1 Å². The minimum absolute atomic E-state index is 0.183. The summed E-state index contributed by atoms with van der Waals surface area (Å²) in [5.74, 6) is 0.679. The highest BCUT2D eigenvalue weighted by molar-refractivity contribution is 7.89. The fourth-order valence-electron chi connectivity index (χ4n) is 3.62. The summed E-state index contributed by atoms with van der Waals surface area (Å²) in [5, 5.41) is 2.92. The van der Waals surface area contributed by atoms with Crippen LogP contribution in [0, 0.1) is 0 Å². The molecule has 172 valence electrons. The molecule has 0 bridgehead atoms. The number of aromatic nitrogens is 2. The molecular weight excluding hydrogens is 426 g/mol. The van der Waals surface area contributed by atoms with Crippen molar-refractivity contribution < 1.29 is 13.2 Å². The summed E-state index contributed by atoms with van der Waals surface area (Å²) in [4.78, 5) is 18.9. The van der Waals surface area contributed by atoms with Gasteiger partial charge >= 0.3 is 6.03 Å². The third kappa shape index (κ3) is 5.11. The SMILES string of the molecule is CCN(CC)S(=O)(=O)c1ccc2c(c1)nc(CN(C)C(=O)NCCc1ccccc1)n2C. The molecule has 2 aromatic carbocycles.